The number of hydrogen-bond donors (Lipinski definition) is 0. The minimum atomic E-state index is -1.17. The van der Waals surface area contributed by atoms with Crippen molar-refractivity contribution in [3.05, 3.63) is 36.5 Å². The number of carboxylic acid groups (broad SMARTS) is 2. The molecule has 0 saturated carbocycles. The van der Waals surface area contributed by atoms with Gasteiger partial charge in [0.25, 0.3) is 0 Å². The number of anilines is 1. The van der Waals surface area contributed by atoms with E-state index in [4.69, 9.17) is 0 Å². The molecule has 1 heterocycles. The average Bonchev–Trinajstić information content (AvgIpc) is 2.46. The molecule has 0 radical (unpaired) electrons. The van der Waals surface area contributed by atoms with Gasteiger partial charge in [0, 0.05) is 55.1 Å². The van der Waals surface area contributed by atoms with Gasteiger partial charge in [-0.25, -0.2) is 0 Å². The predicted octanol–water partition coefficient (Wildman–Crippen LogP) is -6.67. The summed E-state index contributed by atoms with van der Waals surface area (Å²) in [4.78, 5) is 27.1. The van der Waals surface area contributed by atoms with Crippen molar-refractivity contribution in [3.63, 3.8) is 0 Å². The van der Waals surface area contributed by atoms with Crippen LogP contribution >= 0.6 is 0 Å². The third-order valence-electron chi connectivity index (χ3n) is 3.12. The van der Waals surface area contributed by atoms with Gasteiger partial charge in [-0.05, 0) is 24.3 Å². The summed E-state index contributed by atoms with van der Waals surface area (Å²) in [7, 11) is 0. The molecule has 110 valence electrons. The molecule has 8 heteroatoms. The number of aliphatic carboxylic acids is 2. The van der Waals surface area contributed by atoms with Crippen LogP contribution in [-0.4, -0.2) is 30.0 Å². The quantitative estimate of drug-likeness (QED) is 0.453. The minimum absolute atomic E-state index is 0. The van der Waals surface area contributed by atoms with Gasteiger partial charge in [0.2, 0.25) is 0 Å². The fourth-order valence-electron chi connectivity index (χ4n) is 2.08. The van der Waals surface area contributed by atoms with E-state index < -0.39 is 11.9 Å². The van der Waals surface area contributed by atoms with Crippen molar-refractivity contribution in [2.75, 3.05) is 18.0 Å². The van der Waals surface area contributed by atoms with E-state index in [1.807, 2.05) is 18.2 Å². The Hall–Kier alpha value is 0.643. The zero-order valence-electron chi connectivity index (χ0n) is 13.3. The number of carbonyl (C=O) groups is 2. The molecule has 1 aromatic heterocycles. The van der Waals surface area contributed by atoms with Crippen molar-refractivity contribution in [2.24, 2.45) is 0 Å². The molecule has 2 aromatic rings. The smallest absolute Gasteiger partial charge is 0.550 e. The van der Waals surface area contributed by atoms with Crippen molar-refractivity contribution in [1.82, 2.24) is 4.98 Å². The van der Waals surface area contributed by atoms with Gasteiger partial charge in [0.15, 0.2) is 0 Å². The molecule has 0 N–H and O–H groups in total. The number of hydrogen-bond acceptors (Lipinski definition) is 6. The predicted molar refractivity (Wildman–Crippen MR) is 73.2 cm³/mol. The molecule has 0 aliphatic rings. The van der Waals surface area contributed by atoms with Crippen LogP contribution in [0.2, 0.25) is 0 Å². The van der Waals surface area contributed by atoms with E-state index in [0.29, 0.717) is 0 Å². The second-order valence-electron chi connectivity index (χ2n) is 4.61. The molecule has 0 aliphatic heterocycles. The molecule has 0 saturated heterocycles. The maximum Gasteiger partial charge on any atom is 1.00 e. The van der Waals surface area contributed by atoms with Gasteiger partial charge in [-0.3, -0.25) is 4.98 Å². The van der Waals surface area contributed by atoms with Gasteiger partial charge in [-0.15, -0.1) is 0 Å². The summed E-state index contributed by atoms with van der Waals surface area (Å²) in [5, 5.41) is 22.1. The molecule has 0 spiro atoms. The Bertz CT molecular complexity index is 649. The number of rotatable bonds is 7. The van der Waals surface area contributed by atoms with Crippen molar-refractivity contribution < 1.29 is 123 Å². The van der Waals surface area contributed by atoms with E-state index >= 15 is 0 Å². The minimum Gasteiger partial charge on any atom is -0.550 e. The summed E-state index contributed by atoms with van der Waals surface area (Å²) in [6.07, 6.45) is 1.35. The molecule has 0 fully saturated rings. The van der Waals surface area contributed by atoms with Crippen molar-refractivity contribution in [3.8, 4) is 0 Å². The average molecular weight is 364 g/mol. The van der Waals surface area contributed by atoms with E-state index in [1.165, 1.54) is 0 Å². The van der Waals surface area contributed by atoms with E-state index in [0.717, 1.165) is 16.6 Å². The fourth-order valence-corrected chi connectivity index (χ4v) is 2.08. The van der Waals surface area contributed by atoms with E-state index in [2.05, 4.69) is 4.98 Å². The first-order valence-electron chi connectivity index (χ1n) is 6.55. The monoisotopic (exact) mass is 364 g/mol. The molecule has 0 aliphatic carbocycles. The summed E-state index contributed by atoms with van der Waals surface area (Å²) in [6, 6.07) is 9.16. The van der Waals surface area contributed by atoms with E-state index in [-0.39, 0.29) is 129 Å². The Morgan fingerprint density at radius 1 is 1.00 bits per heavy atom. The summed E-state index contributed by atoms with van der Waals surface area (Å²) < 4.78 is 0. The molecule has 0 amide bonds. The zero-order chi connectivity index (χ0) is 15.2. The first kappa shape index (κ1) is 23.6. The second kappa shape index (κ2) is 12.1. The van der Waals surface area contributed by atoms with Crippen LogP contribution in [0, 0.1) is 0 Å². The van der Waals surface area contributed by atoms with Gasteiger partial charge in [-0.1, -0.05) is 6.07 Å². The van der Waals surface area contributed by atoms with E-state index in [9.17, 15) is 19.8 Å². The third kappa shape index (κ3) is 8.04. The van der Waals surface area contributed by atoms with Crippen molar-refractivity contribution in [1.29, 1.82) is 0 Å². The molecule has 6 nitrogen and oxygen atoms in total. The van der Waals surface area contributed by atoms with Crippen LogP contribution in [0.5, 0.6) is 0 Å². The van der Waals surface area contributed by atoms with Crippen molar-refractivity contribution in [2.45, 2.75) is 12.8 Å². The Balaban J connectivity index is 0.00000242. The maximum absolute atomic E-state index is 10.6. The van der Waals surface area contributed by atoms with Crippen LogP contribution in [0.3, 0.4) is 0 Å². The first-order chi connectivity index (χ1) is 10.1. The number of aromatic nitrogens is 1. The summed E-state index contributed by atoms with van der Waals surface area (Å²) in [5.41, 5.74) is 1.57. The van der Waals surface area contributed by atoms with Crippen LogP contribution in [0.4, 0.5) is 5.69 Å². The number of benzene rings is 1. The molecular weight excluding hydrogens is 350 g/mol. The Morgan fingerprint density at radius 2 is 1.61 bits per heavy atom. The summed E-state index contributed by atoms with van der Waals surface area (Å²) in [5.74, 6) is -2.34. The van der Waals surface area contributed by atoms with Gasteiger partial charge in [-0.2, -0.15) is 0 Å². The van der Waals surface area contributed by atoms with E-state index in [1.54, 1.807) is 23.2 Å². The molecular formula is C15H14K2N2O4. The summed E-state index contributed by atoms with van der Waals surface area (Å²) >= 11 is 0. The van der Waals surface area contributed by atoms with Crippen molar-refractivity contribution >= 4 is 28.5 Å². The number of fused-ring (bicyclic) bond motifs is 1. The molecule has 0 bridgehead atoms. The van der Waals surface area contributed by atoms with Crippen LogP contribution in [-0.2, 0) is 9.59 Å². The molecule has 2 rings (SSSR count). The van der Waals surface area contributed by atoms with Crippen LogP contribution in [0.15, 0.2) is 36.5 Å². The van der Waals surface area contributed by atoms with Crippen LogP contribution in [0.25, 0.3) is 10.9 Å². The van der Waals surface area contributed by atoms with Crippen LogP contribution < -0.4 is 118 Å². The number of carboxylic acids is 2. The number of carbonyl (C=O) groups excluding carboxylic acids is 2. The second-order valence-corrected chi connectivity index (χ2v) is 4.61. The van der Waals surface area contributed by atoms with Gasteiger partial charge >= 0.3 is 103 Å². The Kier molecular flexibility index (Phi) is 12.4. The molecule has 0 unspecified atom stereocenters. The first-order valence-corrected chi connectivity index (χ1v) is 6.55. The number of nitrogens with zero attached hydrogens (tertiary/aromatic N) is 2. The van der Waals surface area contributed by atoms with Gasteiger partial charge in [0.05, 0.1) is 5.52 Å². The molecule has 23 heavy (non-hydrogen) atoms. The zero-order valence-corrected chi connectivity index (χ0v) is 19.6. The summed E-state index contributed by atoms with van der Waals surface area (Å²) in [6.45, 7) is 0.364. The molecule has 0 atom stereocenters. The van der Waals surface area contributed by atoms with Gasteiger partial charge < -0.3 is 24.7 Å². The normalized spacial score (nSPS) is 9.57. The van der Waals surface area contributed by atoms with Gasteiger partial charge in [0.1, 0.15) is 0 Å². The Morgan fingerprint density at radius 3 is 2.17 bits per heavy atom. The largest absolute Gasteiger partial charge is 1.00 e. The SMILES string of the molecule is O=C([O-])CCN(CCC(=O)[O-])c1ccc2ncccc2c1.[K+].[K+]. The molecule has 1 aromatic carbocycles. The standard InChI is InChI=1S/C15H16N2O4.2K/c18-14(19)5-8-17(9-6-15(20)21)12-3-4-13-11(10-12)2-1-7-16-13;;/h1-4,7,10H,5-6,8-9H2,(H,18,19)(H,20,21);;/q;2*+1/p-2. The van der Waals surface area contributed by atoms with Crippen LogP contribution in [0.1, 0.15) is 12.8 Å². The maximum atomic E-state index is 10.6. The fraction of sp³-hybridized carbons (Fsp3) is 0.267. The third-order valence-corrected chi connectivity index (χ3v) is 3.12. The topological polar surface area (TPSA) is 96.4 Å². The number of pyridine rings is 1. The Labute approximate surface area is 219 Å².